The highest BCUT2D eigenvalue weighted by atomic mass is 16.5. The molecule has 0 aliphatic carbocycles. The maximum absolute atomic E-state index is 12.2. The summed E-state index contributed by atoms with van der Waals surface area (Å²) in [6.45, 7) is 5.86. The van der Waals surface area contributed by atoms with Gasteiger partial charge in [0.2, 0.25) is 5.91 Å². The van der Waals surface area contributed by atoms with Crippen molar-refractivity contribution < 1.29 is 9.32 Å². The van der Waals surface area contributed by atoms with Crippen LogP contribution in [0.1, 0.15) is 31.6 Å². The van der Waals surface area contributed by atoms with Gasteiger partial charge in [0.1, 0.15) is 11.8 Å². The van der Waals surface area contributed by atoms with Gasteiger partial charge in [-0.2, -0.15) is 0 Å². The molecule has 0 saturated carbocycles. The number of hydrogen-bond donors (Lipinski definition) is 2. The molecule has 1 atom stereocenters. The second-order valence-corrected chi connectivity index (χ2v) is 4.97. The first-order valence-electron chi connectivity index (χ1n) is 7.22. The molecule has 0 saturated heterocycles. The minimum atomic E-state index is -0.311. The molecular weight excluding hydrogens is 266 g/mol. The molecule has 0 fully saturated rings. The highest BCUT2D eigenvalue weighted by molar-refractivity contribution is 5.95. The van der Waals surface area contributed by atoms with Crippen LogP contribution in [0.15, 0.2) is 34.9 Å². The van der Waals surface area contributed by atoms with Gasteiger partial charge in [-0.3, -0.25) is 4.79 Å². The van der Waals surface area contributed by atoms with Gasteiger partial charge in [0.25, 0.3) is 0 Å². The number of nitrogens with one attached hydrogen (secondary N) is 2. The highest BCUT2D eigenvalue weighted by Crippen LogP contribution is 2.14. The van der Waals surface area contributed by atoms with Crippen molar-refractivity contribution in [3.05, 3.63) is 41.7 Å². The van der Waals surface area contributed by atoms with Crippen molar-refractivity contribution in [1.82, 2.24) is 5.16 Å². The van der Waals surface area contributed by atoms with E-state index in [4.69, 9.17) is 4.52 Å². The van der Waals surface area contributed by atoms with Crippen LogP contribution in [-0.2, 0) is 11.2 Å². The number of benzene rings is 1. The Kier molecular flexibility index (Phi) is 4.98. The normalized spacial score (nSPS) is 12.0. The van der Waals surface area contributed by atoms with Gasteiger partial charge in [0.05, 0.1) is 0 Å². The smallest absolute Gasteiger partial charge is 0.248 e. The van der Waals surface area contributed by atoms with Crippen LogP contribution in [0.25, 0.3) is 0 Å². The van der Waals surface area contributed by atoms with Crippen LogP contribution in [-0.4, -0.2) is 17.1 Å². The molecule has 0 bridgehead atoms. The Hall–Kier alpha value is -2.30. The summed E-state index contributed by atoms with van der Waals surface area (Å²) in [4.78, 5) is 12.2. The van der Waals surface area contributed by atoms with Gasteiger partial charge in [-0.15, -0.1) is 0 Å². The number of nitrogens with zero attached hydrogens (tertiary/aromatic N) is 1. The van der Waals surface area contributed by atoms with Gasteiger partial charge >= 0.3 is 0 Å². The monoisotopic (exact) mass is 287 g/mol. The maximum atomic E-state index is 12.2. The van der Waals surface area contributed by atoms with E-state index in [2.05, 4.69) is 34.8 Å². The molecule has 1 aromatic carbocycles. The minimum Gasteiger partial charge on any atom is -0.374 e. The van der Waals surface area contributed by atoms with Crippen LogP contribution in [0.4, 0.5) is 11.5 Å². The fraction of sp³-hybridized carbons (Fsp3) is 0.375. The van der Waals surface area contributed by atoms with Crippen molar-refractivity contribution in [3.8, 4) is 0 Å². The lowest BCUT2D eigenvalue weighted by Crippen LogP contribution is -2.34. The molecule has 0 radical (unpaired) electrons. The van der Waals surface area contributed by atoms with Crippen LogP contribution in [0.3, 0.4) is 0 Å². The molecule has 1 heterocycles. The highest BCUT2D eigenvalue weighted by Gasteiger charge is 2.17. The number of aromatic nitrogens is 1. The van der Waals surface area contributed by atoms with E-state index in [9.17, 15) is 4.79 Å². The average molecular weight is 287 g/mol. The van der Waals surface area contributed by atoms with Crippen molar-refractivity contribution in [1.29, 1.82) is 0 Å². The summed E-state index contributed by atoms with van der Waals surface area (Å²) in [5.74, 6) is 0.992. The van der Waals surface area contributed by atoms with E-state index < -0.39 is 0 Å². The standard InChI is InChI=1S/C16H21N3O2/c1-4-12-6-8-13(9-7-12)17-14(5-2)16(20)18-15-10-11(3)21-19-15/h6-10,14,17H,4-5H2,1-3H3,(H,18,19,20)/t14-/m1/s1. The third kappa shape index (κ3) is 4.08. The summed E-state index contributed by atoms with van der Waals surface area (Å²) >= 11 is 0. The Balaban J connectivity index is 1.99. The summed E-state index contributed by atoms with van der Waals surface area (Å²) in [7, 11) is 0. The van der Waals surface area contributed by atoms with Gasteiger partial charge in [-0.05, 0) is 37.5 Å². The molecule has 0 unspecified atom stereocenters. The Morgan fingerprint density at radius 1 is 1.29 bits per heavy atom. The molecule has 2 N–H and O–H groups in total. The number of carbonyl (C=O) groups excluding carboxylic acids is 1. The molecule has 21 heavy (non-hydrogen) atoms. The van der Waals surface area contributed by atoms with Gasteiger partial charge < -0.3 is 15.2 Å². The summed E-state index contributed by atoms with van der Waals surface area (Å²) in [5.41, 5.74) is 2.21. The first-order valence-corrected chi connectivity index (χ1v) is 7.22. The minimum absolute atomic E-state index is 0.120. The predicted molar refractivity (Wildman–Crippen MR) is 83.4 cm³/mol. The van der Waals surface area contributed by atoms with Gasteiger partial charge in [0.15, 0.2) is 5.82 Å². The Morgan fingerprint density at radius 3 is 2.52 bits per heavy atom. The van der Waals surface area contributed by atoms with E-state index in [1.54, 1.807) is 13.0 Å². The molecular formula is C16H21N3O2. The Labute approximate surface area is 124 Å². The zero-order chi connectivity index (χ0) is 15.2. The third-order valence-corrected chi connectivity index (χ3v) is 3.31. The van der Waals surface area contributed by atoms with E-state index in [0.717, 1.165) is 12.1 Å². The van der Waals surface area contributed by atoms with Crippen molar-refractivity contribution in [2.24, 2.45) is 0 Å². The van der Waals surface area contributed by atoms with Gasteiger partial charge in [-0.1, -0.05) is 31.1 Å². The van der Waals surface area contributed by atoms with Crippen LogP contribution in [0, 0.1) is 6.92 Å². The van der Waals surface area contributed by atoms with Crippen molar-refractivity contribution in [2.75, 3.05) is 10.6 Å². The summed E-state index contributed by atoms with van der Waals surface area (Å²) in [5, 5.41) is 9.75. The second kappa shape index (κ2) is 6.92. The lowest BCUT2D eigenvalue weighted by atomic mass is 10.1. The van der Waals surface area contributed by atoms with Crippen LogP contribution in [0.2, 0.25) is 0 Å². The molecule has 1 aromatic heterocycles. The van der Waals surface area contributed by atoms with Gasteiger partial charge in [-0.25, -0.2) is 0 Å². The zero-order valence-corrected chi connectivity index (χ0v) is 12.6. The topological polar surface area (TPSA) is 67.2 Å². The number of carbonyl (C=O) groups is 1. The molecule has 0 aliphatic rings. The van der Waals surface area contributed by atoms with E-state index in [1.165, 1.54) is 5.56 Å². The molecule has 0 spiro atoms. The van der Waals surface area contributed by atoms with Crippen molar-refractivity contribution in [2.45, 2.75) is 39.7 Å². The Morgan fingerprint density at radius 2 is 2.00 bits per heavy atom. The average Bonchev–Trinajstić information content (AvgIpc) is 2.90. The molecule has 0 aliphatic heterocycles. The van der Waals surface area contributed by atoms with Crippen LogP contribution in [0.5, 0.6) is 0 Å². The number of anilines is 2. The number of aryl methyl sites for hydroxylation is 2. The summed E-state index contributed by atoms with van der Waals surface area (Å²) in [6, 6.07) is 9.50. The summed E-state index contributed by atoms with van der Waals surface area (Å²) < 4.78 is 4.94. The number of amides is 1. The SMILES string of the molecule is CCc1ccc(N[C@H](CC)C(=O)Nc2cc(C)on2)cc1. The fourth-order valence-corrected chi connectivity index (χ4v) is 2.03. The first kappa shape index (κ1) is 15.1. The van der Waals surface area contributed by atoms with E-state index >= 15 is 0 Å². The van der Waals surface area contributed by atoms with E-state index in [1.807, 2.05) is 19.1 Å². The van der Waals surface area contributed by atoms with Crippen LogP contribution < -0.4 is 10.6 Å². The molecule has 2 aromatic rings. The van der Waals surface area contributed by atoms with Crippen molar-refractivity contribution in [3.63, 3.8) is 0 Å². The fourth-order valence-electron chi connectivity index (χ4n) is 2.03. The zero-order valence-electron chi connectivity index (χ0n) is 12.6. The van der Waals surface area contributed by atoms with Gasteiger partial charge in [0, 0.05) is 11.8 Å². The quantitative estimate of drug-likeness (QED) is 0.854. The third-order valence-electron chi connectivity index (χ3n) is 3.31. The lowest BCUT2D eigenvalue weighted by Gasteiger charge is -2.17. The second-order valence-electron chi connectivity index (χ2n) is 4.97. The maximum Gasteiger partial charge on any atom is 0.248 e. The van der Waals surface area contributed by atoms with Crippen molar-refractivity contribution >= 4 is 17.4 Å². The number of hydrogen-bond acceptors (Lipinski definition) is 4. The summed E-state index contributed by atoms with van der Waals surface area (Å²) in [6.07, 6.45) is 1.68. The van der Waals surface area contributed by atoms with E-state index in [0.29, 0.717) is 18.0 Å². The molecule has 1 amide bonds. The predicted octanol–water partition coefficient (Wildman–Crippen LogP) is 3.37. The Bertz CT molecular complexity index is 590. The van der Waals surface area contributed by atoms with E-state index in [-0.39, 0.29) is 11.9 Å². The lowest BCUT2D eigenvalue weighted by molar-refractivity contribution is -0.117. The largest absolute Gasteiger partial charge is 0.374 e. The molecule has 2 rings (SSSR count). The molecule has 5 nitrogen and oxygen atoms in total. The van der Waals surface area contributed by atoms with Crippen LogP contribution >= 0.6 is 0 Å². The number of rotatable bonds is 6. The molecule has 5 heteroatoms. The molecule has 112 valence electrons. The first-order chi connectivity index (χ1) is 10.1.